The first-order valence-corrected chi connectivity index (χ1v) is 7.40. The van der Waals surface area contributed by atoms with Crippen LogP contribution in [0.1, 0.15) is 18.5 Å². The van der Waals surface area contributed by atoms with Crippen LogP contribution in [0.3, 0.4) is 0 Å². The number of nitrogens with zero attached hydrogens (tertiary/aromatic N) is 2. The first-order valence-electron chi connectivity index (χ1n) is 7.40. The van der Waals surface area contributed by atoms with Crippen LogP contribution < -0.4 is 10.6 Å². The Morgan fingerprint density at radius 1 is 1.32 bits per heavy atom. The van der Waals surface area contributed by atoms with Crippen molar-refractivity contribution in [2.24, 2.45) is 0 Å². The molecule has 0 radical (unpaired) electrons. The summed E-state index contributed by atoms with van der Waals surface area (Å²) in [5.74, 6) is -0.679. The van der Waals surface area contributed by atoms with Gasteiger partial charge in [-0.15, -0.1) is 0 Å². The molecule has 1 fully saturated rings. The van der Waals surface area contributed by atoms with Crippen molar-refractivity contribution in [1.29, 1.82) is 0 Å². The van der Waals surface area contributed by atoms with E-state index in [2.05, 4.69) is 20.6 Å². The standard InChI is InChI=1S/C16H18F2N4/c1-10-14(13-5-4-11(17)7-15(13)18)9-21-16(22-10)20-8-12-3-2-6-19-12/h4-5,7,9,12,19H,2-3,6,8H2,1H3,(H,20,21,22)/t12-/m1/s1. The number of rotatable bonds is 4. The third kappa shape index (κ3) is 3.22. The summed E-state index contributed by atoms with van der Waals surface area (Å²) < 4.78 is 26.8. The predicted molar refractivity (Wildman–Crippen MR) is 81.6 cm³/mol. The fourth-order valence-corrected chi connectivity index (χ4v) is 2.67. The summed E-state index contributed by atoms with van der Waals surface area (Å²) in [6.07, 6.45) is 3.91. The van der Waals surface area contributed by atoms with Gasteiger partial charge in [0.2, 0.25) is 5.95 Å². The van der Waals surface area contributed by atoms with Gasteiger partial charge in [-0.05, 0) is 38.4 Å². The highest BCUT2D eigenvalue weighted by atomic mass is 19.1. The van der Waals surface area contributed by atoms with Crippen LogP contribution in [0.2, 0.25) is 0 Å². The summed E-state index contributed by atoms with van der Waals surface area (Å²) in [5, 5.41) is 6.58. The number of aryl methyl sites for hydroxylation is 1. The molecule has 0 bridgehead atoms. The molecule has 0 spiro atoms. The van der Waals surface area contributed by atoms with Crippen molar-refractivity contribution in [2.45, 2.75) is 25.8 Å². The lowest BCUT2D eigenvalue weighted by Gasteiger charge is -2.13. The first-order chi connectivity index (χ1) is 10.6. The van der Waals surface area contributed by atoms with E-state index in [0.29, 0.717) is 28.8 Å². The second-order valence-electron chi connectivity index (χ2n) is 5.49. The maximum absolute atomic E-state index is 13.8. The molecule has 1 aromatic heterocycles. The molecule has 1 aromatic carbocycles. The number of halogens is 2. The van der Waals surface area contributed by atoms with Crippen molar-refractivity contribution >= 4 is 5.95 Å². The maximum Gasteiger partial charge on any atom is 0.222 e. The summed E-state index contributed by atoms with van der Waals surface area (Å²) in [6.45, 7) is 3.61. The molecule has 1 aliphatic heterocycles. The van der Waals surface area contributed by atoms with Crippen molar-refractivity contribution in [2.75, 3.05) is 18.4 Å². The van der Waals surface area contributed by atoms with Gasteiger partial charge in [0.05, 0.1) is 5.69 Å². The van der Waals surface area contributed by atoms with Crippen LogP contribution in [0.4, 0.5) is 14.7 Å². The van der Waals surface area contributed by atoms with E-state index in [1.54, 1.807) is 13.1 Å². The largest absolute Gasteiger partial charge is 0.353 e. The number of hydrogen-bond acceptors (Lipinski definition) is 4. The monoisotopic (exact) mass is 304 g/mol. The zero-order valence-electron chi connectivity index (χ0n) is 12.4. The zero-order valence-corrected chi connectivity index (χ0v) is 12.4. The molecule has 0 unspecified atom stereocenters. The quantitative estimate of drug-likeness (QED) is 0.912. The second-order valence-corrected chi connectivity index (χ2v) is 5.49. The van der Waals surface area contributed by atoms with E-state index in [9.17, 15) is 8.78 Å². The van der Waals surface area contributed by atoms with E-state index < -0.39 is 11.6 Å². The first kappa shape index (κ1) is 14.8. The van der Waals surface area contributed by atoms with Crippen molar-refractivity contribution in [3.05, 3.63) is 41.7 Å². The Balaban J connectivity index is 1.76. The third-order valence-corrected chi connectivity index (χ3v) is 3.87. The Labute approximate surface area is 128 Å². The summed E-state index contributed by atoms with van der Waals surface area (Å²) in [4.78, 5) is 8.59. The van der Waals surface area contributed by atoms with Crippen LogP contribution in [-0.4, -0.2) is 29.1 Å². The smallest absolute Gasteiger partial charge is 0.222 e. The second kappa shape index (κ2) is 6.36. The Morgan fingerprint density at radius 2 is 2.18 bits per heavy atom. The van der Waals surface area contributed by atoms with Crippen molar-refractivity contribution in [1.82, 2.24) is 15.3 Å². The molecule has 22 heavy (non-hydrogen) atoms. The Bertz CT molecular complexity index is 669. The zero-order chi connectivity index (χ0) is 15.5. The molecule has 0 saturated carbocycles. The van der Waals surface area contributed by atoms with Gasteiger partial charge in [-0.3, -0.25) is 0 Å². The summed E-state index contributed by atoms with van der Waals surface area (Å²) in [5.41, 5.74) is 1.53. The van der Waals surface area contributed by atoms with Gasteiger partial charge >= 0.3 is 0 Å². The fourth-order valence-electron chi connectivity index (χ4n) is 2.67. The molecular formula is C16H18F2N4. The summed E-state index contributed by atoms with van der Waals surface area (Å²) in [6, 6.07) is 3.95. The summed E-state index contributed by atoms with van der Waals surface area (Å²) >= 11 is 0. The van der Waals surface area contributed by atoms with Gasteiger partial charge in [-0.25, -0.2) is 18.7 Å². The maximum atomic E-state index is 13.8. The van der Waals surface area contributed by atoms with E-state index in [4.69, 9.17) is 0 Å². The molecule has 6 heteroatoms. The molecule has 0 amide bonds. The lowest BCUT2D eigenvalue weighted by molar-refractivity contribution is 0.585. The van der Waals surface area contributed by atoms with Gasteiger partial charge in [0, 0.05) is 36.0 Å². The molecule has 4 nitrogen and oxygen atoms in total. The fraction of sp³-hybridized carbons (Fsp3) is 0.375. The number of aromatic nitrogens is 2. The predicted octanol–water partition coefficient (Wildman–Crippen LogP) is 2.89. The topological polar surface area (TPSA) is 49.8 Å². The minimum Gasteiger partial charge on any atom is -0.353 e. The average molecular weight is 304 g/mol. The molecule has 116 valence electrons. The van der Waals surface area contributed by atoms with Gasteiger partial charge in [0.15, 0.2) is 0 Å². The number of nitrogens with one attached hydrogen (secondary N) is 2. The molecule has 0 aliphatic carbocycles. The van der Waals surface area contributed by atoms with E-state index in [-0.39, 0.29) is 0 Å². The number of anilines is 1. The number of benzene rings is 1. The van der Waals surface area contributed by atoms with E-state index >= 15 is 0 Å². The molecular weight excluding hydrogens is 286 g/mol. The molecule has 1 aliphatic rings. The van der Waals surface area contributed by atoms with Crippen LogP contribution in [0.25, 0.3) is 11.1 Å². The lowest BCUT2D eigenvalue weighted by atomic mass is 10.1. The van der Waals surface area contributed by atoms with Gasteiger partial charge in [0.25, 0.3) is 0 Å². The lowest BCUT2D eigenvalue weighted by Crippen LogP contribution is -2.29. The van der Waals surface area contributed by atoms with Crippen LogP contribution in [0.15, 0.2) is 24.4 Å². The third-order valence-electron chi connectivity index (χ3n) is 3.87. The average Bonchev–Trinajstić information content (AvgIpc) is 2.99. The molecule has 2 heterocycles. The Hall–Kier alpha value is -2.08. The van der Waals surface area contributed by atoms with E-state index in [1.807, 2.05) is 0 Å². The van der Waals surface area contributed by atoms with Crippen molar-refractivity contribution in [3.63, 3.8) is 0 Å². The molecule has 2 aromatic rings. The molecule has 1 saturated heterocycles. The number of hydrogen-bond donors (Lipinski definition) is 2. The molecule has 2 N–H and O–H groups in total. The van der Waals surface area contributed by atoms with Gasteiger partial charge in [0.1, 0.15) is 11.6 Å². The highest BCUT2D eigenvalue weighted by Crippen LogP contribution is 2.25. The van der Waals surface area contributed by atoms with Crippen molar-refractivity contribution in [3.8, 4) is 11.1 Å². The molecule has 1 atom stereocenters. The van der Waals surface area contributed by atoms with Crippen molar-refractivity contribution < 1.29 is 8.78 Å². The Morgan fingerprint density at radius 3 is 2.86 bits per heavy atom. The molecule has 3 rings (SSSR count). The van der Waals surface area contributed by atoms with Gasteiger partial charge in [-0.2, -0.15) is 0 Å². The normalized spacial score (nSPS) is 17.7. The van der Waals surface area contributed by atoms with Gasteiger partial charge in [-0.1, -0.05) is 0 Å². The van der Waals surface area contributed by atoms with Crippen LogP contribution in [0, 0.1) is 18.6 Å². The minimum absolute atomic E-state index is 0.308. The van der Waals surface area contributed by atoms with E-state index in [1.165, 1.54) is 18.6 Å². The van der Waals surface area contributed by atoms with E-state index in [0.717, 1.165) is 25.6 Å². The SMILES string of the molecule is Cc1nc(NC[C@H]2CCCN2)ncc1-c1ccc(F)cc1F. The minimum atomic E-state index is -0.609. The van der Waals surface area contributed by atoms with Crippen LogP contribution >= 0.6 is 0 Å². The highest BCUT2D eigenvalue weighted by molar-refractivity contribution is 5.66. The van der Waals surface area contributed by atoms with Crippen LogP contribution in [-0.2, 0) is 0 Å². The van der Waals surface area contributed by atoms with Crippen LogP contribution in [0.5, 0.6) is 0 Å². The highest BCUT2D eigenvalue weighted by Gasteiger charge is 2.15. The van der Waals surface area contributed by atoms with Gasteiger partial charge < -0.3 is 10.6 Å². The Kier molecular flexibility index (Phi) is 4.29. The summed E-state index contributed by atoms with van der Waals surface area (Å²) in [7, 11) is 0.